The number of pyridine rings is 1. The molecule has 0 spiro atoms. The molecule has 10 heteroatoms. The van der Waals surface area contributed by atoms with Crippen molar-refractivity contribution < 1.29 is 13.6 Å². The molecular weight excluding hydrogens is 368 g/mol. The minimum absolute atomic E-state index is 0.000391. The summed E-state index contributed by atoms with van der Waals surface area (Å²) in [7, 11) is 0. The second-order valence-electron chi connectivity index (χ2n) is 6.87. The fraction of sp³-hybridized carbons (Fsp3) is 0.389. The Kier molecular flexibility index (Phi) is 5.48. The molecule has 0 fully saturated rings. The number of nitrogens with one attached hydrogen (secondary N) is 1. The summed E-state index contributed by atoms with van der Waals surface area (Å²) in [6, 6.07) is 3.43. The van der Waals surface area contributed by atoms with Crippen LogP contribution in [0.15, 0.2) is 30.7 Å². The first-order chi connectivity index (χ1) is 13.3. The predicted molar refractivity (Wildman–Crippen MR) is 98.8 cm³/mol. The molecule has 0 saturated carbocycles. The van der Waals surface area contributed by atoms with Crippen LogP contribution in [-0.2, 0) is 0 Å². The Balaban J connectivity index is 1.83. The van der Waals surface area contributed by atoms with Gasteiger partial charge in [-0.1, -0.05) is 13.8 Å². The van der Waals surface area contributed by atoms with Crippen molar-refractivity contribution in [2.24, 2.45) is 0 Å². The Morgan fingerprint density at radius 3 is 2.57 bits per heavy atom. The highest BCUT2D eigenvalue weighted by Gasteiger charge is 2.22. The molecule has 0 aliphatic rings. The lowest BCUT2D eigenvalue weighted by molar-refractivity contribution is 0.102. The Bertz CT molecular complexity index is 978. The highest BCUT2D eigenvalue weighted by molar-refractivity contribution is 6.02. The number of anilines is 1. The van der Waals surface area contributed by atoms with E-state index in [0.717, 1.165) is 5.69 Å². The molecule has 1 amide bonds. The number of nitrogens with zero attached hydrogens (tertiary/aromatic N) is 6. The minimum Gasteiger partial charge on any atom is -0.317 e. The molecule has 0 saturated heterocycles. The summed E-state index contributed by atoms with van der Waals surface area (Å²) >= 11 is 0. The molecule has 148 valence electrons. The molecule has 0 aromatic carbocycles. The summed E-state index contributed by atoms with van der Waals surface area (Å²) < 4.78 is 27.8. The van der Waals surface area contributed by atoms with Gasteiger partial charge in [0.15, 0.2) is 11.4 Å². The van der Waals surface area contributed by atoms with Gasteiger partial charge in [-0.05, 0) is 31.9 Å². The number of hydrogen-bond acceptors (Lipinski definition) is 5. The van der Waals surface area contributed by atoms with Gasteiger partial charge in [-0.2, -0.15) is 15.0 Å². The van der Waals surface area contributed by atoms with Crippen LogP contribution in [0.25, 0.3) is 5.69 Å². The summed E-state index contributed by atoms with van der Waals surface area (Å²) in [6.45, 7) is 7.64. The van der Waals surface area contributed by atoms with Gasteiger partial charge >= 0.3 is 0 Å². The van der Waals surface area contributed by atoms with Gasteiger partial charge in [-0.3, -0.25) is 14.5 Å². The smallest absolute Gasteiger partial charge is 0.284 e. The monoisotopic (exact) mass is 389 g/mol. The molecule has 3 rings (SSSR count). The number of carbonyl (C=O) groups excluding carboxylic acids is 1. The topological polar surface area (TPSA) is 90.5 Å². The molecule has 0 atom stereocenters. The van der Waals surface area contributed by atoms with Crippen molar-refractivity contribution in [3.8, 4) is 5.69 Å². The van der Waals surface area contributed by atoms with E-state index in [0.29, 0.717) is 5.69 Å². The van der Waals surface area contributed by atoms with E-state index in [1.165, 1.54) is 21.9 Å². The van der Waals surface area contributed by atoms with Crippen molar-refractivity contribution in [1.29, 1.82) is 0 Å². The third kappa shape index (κ3) is 4.05. The first-order valence-electron chi connectivity index (χ1n) is 8.83. The standard InChI is InChI=1S/C18H21F2N7O/c1-10(2)13-7-12(5-6-21-13)27-22-8-14(24-27)18(28)23-15-9-26(11(3)4)25-16(15)17(19)20/h5-11,17H,1-4H3,(H,23,28). The SMILES string of the molecule is CC(C)c1cc(-n2ncc(C(=O)Nc3cn(C(C)C)nc3C(F)F)n2)ccn1. The summed E-state index contributed by atoms with van der Waals surface area (Å²) in [5.41, 5.74) is 0.988. The van der Waals surface area contributed by atoms with E-state index in [4.69, 9.17) is 0 Å². The third-order valence-electron chi connectivity index (χ3n) is 4.06. The maximum atomic E-state index is 13.2. The molecule has 1 N–H and O–H groups in total. The van der Waals surface area contributed by atoms with Crippen LogP contribution in [0.2, 0.25) is 0 Å². The van der Waals surface area contributed by atoms with Crippen LogP contribution in [0.1, 0.15) is 68.0 Å². The lowest BCUT2D eigenvalue weighted by Gasteiger charge is -2.06. The van der Waals surface area contributed by atoms with Gasteiger partial charge < -0.3 is 5.32 Å². The van der Waals surface area contributed by atoms with Crippen LogP contribution in [-0.4, -0.2) is 35.7 Å². The summed E-state index contributed by atoms with van der Waals surface area (Å²) in [6.07, 6.45) is 1.49. The van der Waals surface area contributed by atoms with E-state index in [1.54, 1.807) is 26.1 Å². The van der Waals surface area contributed by atoms with Crippen LogP contribution in [0, 0.1) is 0 Å². The fourth-order valence-corrected chi connectivity index (χ4v) is 2.48. The fourth-order valence-electron chi connectivity index (χ4n) is 2.48. The normalized spacial score (nSPS) is 11.6. The van der Waals surface area contributed by atoms with Gasteiger partial charge in [0.1, 0.15) is 0 Å². The van der Waals surface area contributed by atoms with Crippen LogP contribution >= 0.6 is 0 Å². The van der Waals surface area contributed by atoms with Crippen molar-refractivity contribution in [1.82, 2.24) is 29.8 Å². The van der Waals surface area contributed by atoms with Crippen molar-refractivity contribution in [2.75, 3.05) is 5.32 Å². The molecule has 0 unspecified atom stereocenters. The summed E-state index contributed by atoms with van der Waals surface area (Å²) in [4.78, 5) is 18.0. The zero-order valence-electron chi connectivity index (χ0n) is 16.0. The average Bonchev–Trinajstić information content (AvgIpc) is 3.29. The molecule has 28 heavy (non-hydrogen) atoms. The van der Waals surface area contributed by atoms with Crippen LogP contribution in [0.3, 0.4) is 0 Å². The number of hydrogen-bond donors (Lipinski definition) is 1. The van der Waals surface area contributed by atoms with Gasteiger partial charge in [0.2, 0.25) is 0 Å². The second-order valence-corrected chi connectivity index (χ2v) is 6.87. The molecule has 0 radical (unpaired) electrons. The highest BCUT2D eigenvalue weighted by atomic mass is 19.3. The maximum Gasteiger partial charge on any atom is 0.284 e. The van der Waals surface area contributed by atoms with E-state index in [2.05, 4.69) is 25.6 Å². The largest absolute Gasteiger partial charge is 0.317 e. The minimum atomic E-state index is -2.81. The third-order valence-corrected chi connectivity index (χ3v) is 4.06. The van der Waals surface area contributed by atoms with E-state index in [1.807, 2.05) is 19.9 Å². The van der Waals surface area contributed by atoms with Gasteiger partial charge in [0.25, 0.3) is 12.3 Å². The number of carbonyl (C=O) groups is 1. The number of amides is 1. The van der Waals surface area contributed by atoms with Gasteiger partial charge in [0, 0.05) is 24.1 Å². The Hall–Kier alpha value is -3.17. The number of halogens is 2. The van der Waals surface area contributed by atoms with Gasteiger partial charge in [-0.25, -0.2) is 8.78 Å². The molecule has 8 nitrogen and oxygen atoms in total. The predicted octanol–water partition coefficient (Wildman–Crippen LogP) is 3.75. The quantitative estimate of drug-likeness (QED) is 0.693. The molecular formula is C18H21F2N7O. The average molecular weight is 389 g/mol. The summed E-state index contributed by atoms with van der Waals surface area (Å²) in [5.74, 6) is -0.418. The lowest BCUT2D eigenvalue weighted by Crippen LogP contribution is -2.14. The van der Waals surface area contributed by atoms with Crippen LogP contribution in [0.4, 0.5) is 14.5 Å². The Morgan fingerprint density at radius 2 is 1.93 bits per heavy atom. The maximum absolute atomic E-state index is 13.2. The first-order valence-corrected chi connectivity index (χ1v) is 8.83. The van der Waals surface area contributed by atoms with Crippen molar-refractivity contribution in [3.63, 3.8) is 0 Å². The van der Waals surface area contributed by atoms with E-state index < -0.39 is 18.0 Å². The number of alkyl halides is 2. The molecule has 0 aliphatic heterocycles. The zero-order valence-corrected chi connectivity index (χ0v) is 16.0. The van der Waals surface area contributed by atoms with Crippen molar-refractivity contribution >= 4 is 11.6 Å². The Labute approximate surface area is 160 Å². The second kappa shape index (κ2) is 7.83. The molecule has 3 heterocycles. The van der Waals surface area contributed by atoms with Crippen LogP contribution < -0.4 is 5.32 Å². The number of rotatable bonds is 6. The van der Waals surface area contributed by atoms with Gasteiger partial charge in [0.05, 0.1) is 17.6 Å². The highest BCUT2D eigenvalue weighted by Crippen LogP contribution is 2.27. The molecule has 0 bridgehead atoms. The van der Waals surface area contributed by atoms with E-state index >= 15 is 0 Å². The van der Waals surface area contributed by atoms with Crippen molar-refractivity contribution in [3.05, 3.63) is 47.8 Å². The first kappa shape index (κ1) is 19.6. The van der Waals surface area contributed by atoms with E-state index in [-0.39, 0.29) is 23.3 Å². The molecule has 0 aliphatic carbocycles. The van der Waals surface area contributed by atoms with Gasteiger partial charge in [-0.15, -0.1) is 5.10 Å². The van der Waals surface area contributed by atoms with Crippen LogP contribution in [0.5, 0.6) is 0 Å². The van der Waals surface area contributed by atoms with E-state index in [9.17, 15) is 13.6 Å². The summed E-state index contributed by atoms with van der Waals surface area (Å²) in [5, 5.41) is 14.5. The molecule has 3 aromatic rings. The zero-order chi connectivity index (χ0) is 20.4. The Morgan fingerprint density at radius 1 is 1.18 bits per heavy atom. The van der Waals surface area contributed by atoms with Crippen molar-refractivity contribution in [2.45, 2.75) is 46.1 Å². The number of aromatic nitrogens is 6. The molecule has 3 aromatic heterocycles. The lowest BCUT2D eigenvalue weighted by atomic mass is 10.1.